The molecule has 0 aliphatic heterocycles. The molecule has 1 rings (SSSR count). The second-order valence-electron chi connectivity index (χ2n) is 1.64. The zero-order valence-electron chi connectivity index (χ0n) is 6.14. The Morgan fingerprint density at radius 2 is 2.15 bits per heavy atom. The van der Waals surface area contributed by atoms with Gasteiger partial charge in [-0.1, -0.05) is 0 Å². The molecule has 13 heavy (non-hydrogen) atoms. The maximum absolute atomic E-state index is 11.5. The topological polar surface area (TPSA) is 115 Å². The van der Waals surface area contributed by atoms with Crippen LogP contribution in [-0.2, 0) is 4.57 Å². The summed E-state index contributed by atoms with van der Waals surface area (Å²) in [5.74, 6) is 0.00926. The van der Waals surface area contributed by atoms with Crippen LogP contribution in [0.1, 0.15) is 0 Å². The molecule has 9 heteroatoms. The van der Waals surface area contributed by atoms with Crippen LogP contribution in [0.5, 0.6) is 0 Å². The normalized spacial score (nSPS) is 8.23. The summed E-state index contributed by atoms with van der Waals surface area (Å²) in [6.45, 7) is 0. The lowest BCUT2D eigenvalue weighted by atomic mass is 10.6. The highest BCUT2D eigenvalue weighted by molar-refractivity contribution is 7.30. The van der Waals surface area contributed by atoms with Crippen LogP contribution in [0.3, 0.4) is 0 Å². The molecule has 0 saturated carbocycles. The number of H-pyrrole nitrogens is 1. The Morgan fingerprint density at radius 1 is 1.62 bits per heavy atom. The highest BCUT2D eigenvalue weighted by atomic mass is 31.1. The van der Waals surface area contributed by atoms with Crippen molar-refractivity contribution >= 4 is 14.1 Å². The first kappa shape index (κ1) is 11.6. The molecule has 0 atom stereocenters. The van der Waals surface area contributed by atoms with Crippen molar-refractivity contribution in [3.8, 4) is 0 Å². The molecule has 0 aliphatic rings. The standard InChI is InChI=1S/C4H4FN3O.HO3P/c5-8-3-1-2-6-4(9)7-3;1-4(2)3/h1-2H,(H2,6,7,8,9);(H-,1,2,3)/p+1. The van der Waals surface area contributed by atoms with Crippen molar-refractivity contribution in [2.75, 3.05) is 5.54 Å². The number of aromatic amines is 1. The van der Waals surface area contributed by atoms with Crippen molar-refractivity contribution in [3.05, 3.63) is 22.7 Å². The number of aromatic nitrogens is 2. The highest BCUT2D eigenvalue weighted by Crippen LogP contribution is 1.98. The summed E-state index contributed by atoms with van der Waals surface area (Å²) in [7, 11) is -2.87. The van der Waals surface area contributed by atoms with Gasteiger partial charge in [0.05, 0.1) is 0 Å². The molecule has 0 saturated heterocycles. The summed E-state index contributed by atoms with van der Waals surface area (Å²) in [6.07, 6.45) is 1.21. The van der Waals surface area contributed by atoms with Gasteiger partial charge in [0, 0.05) is 10.8 Å². The Kier molecular flexibility index (Phi) is 5.53. The van der Waals surface area contributed by atoms with Crippen LogP contribution in [0.25, 0.3) is 0 Å². The van der Waals surface area contributed by atoms with E-state index in [0.717, 1.165) is 0 Å². The molecule has 0 unspecified atom stereocenters. The summed E-state index contributed by atoms with van der Waals surface area (Å²) in [4.78, 5) is 29.9. The summed E-state index contributed by atoms with van der Waals surface area (Å²) in [5.41, 5.74) is 0.701. The molecular weight excluding hydrogens is 204 g/mol. The van der Waals surface area contributed by atoms with E-state index in [2.05, 4.69) is 9.97 Å². The van der Waals surface area contributed by atoms with Crippen molar-refractivity contribution < 1.29 is 18.8 Å². The van der Waals surface area contributed by atoms with E-state index in [-0.39, 0.29) is 5.82 Å². The van der Waals surface area contributed by atoms with Crippen LogP contribution in [0.15, 0.2) is 17.1 Å². The fraction of sp³-hybridized carbons (Fsp3) is 0. The van der Waals surface area contributed by atoms with Crippen molar-refractivity contribution in [1.82, 2.24) is 9.97 Å². The monoisotopic (exact) mass is 210 g/mol. The van der Waals surface area contributed by atoms with Crippen LogP contribution in [0.2, 0.25) is 0 Å². The van der Waals surface area contributed by atoms with E-state index < -0.39 is 13.9 Å². The molecule has 72 valence electrons. The van der Waals surface area contributed by atoms with Gasteiger partial charge in [-0.05, 0) is 6.07 Å². The highest BCUT2D eigenvalue weighted by Gasteiger charge is 1.93. The molecule has 1 heterocycles. The Balaban J connectivity index is 0.000000310. The van der Waals surface area contributed by atoms with Gasteiger partial charge in [-0.25, -0.2) is 15.3 Å². The third-order valence-electron chi connectivity index (χ3n) is 0.776. The van der Waals surface area contributed by atoms with Crippen molar-refractivity contribution in [3.63, 3.8) is 0 Å². The lowest BCUT2D eigenvalue weighted by molar-refractivity contribution is 0.405. The molecule has 0 aliphatic carbocycles. The lowest BCUT2D eigenvalue weighted by Crippen LogP contribution is -2.09. The Morgan fingerprint density at radius 3 is 2.46 bits per heavy atom. The summed E-state index contributed by atoms with van der Waals surface area (Å²) in [6, 6.07) is 1.31. The Hall–Kier alpha value is -1.37. The van der Waals surface area contributed by atoms with E-state index in [0.29, 0.717) is 0 Å². The second-order valence-corrected chi connectivity index (χ2v) is 2.14. The summed E-state index contributed by atoms with van der Waals surface area (Å²) < 4.78 is 20.2. The van der Waals surface area contributed by atoms with Crippen LogP contribution in [0.4, 0.5) is 10.3 Å². The fourth-order valence-electron chi connectivity index (χ4n) is 0.424. The van der Waals surface area contributed by atoms with E-state index in [1.165, 1.54) is 17.8 Å². The van der Waals surface area contributed by atoms with Gasteiger partial charge in [0.15, 0.2) is 0 Å². The SMILES string of the molecule is O=[P+](O)O.O=c1nccc(NF)[nH]1. The van der Waals surface area contributed by atoms with Gasteiger partial charge in [-0.2, -0.15) is 0 Å². The van der Waals surface area contributed by atoms with E-state index >= 15 is 0 Å². The van der Waals surface area contributed by atoms with Crippen LogP contribution in [-0.4, -0.2) is 19.8 Å². The van der Waals surface area contributed by atoms with Gasteiger partial charge >= 0.3 is 13.9 Å². The lowest BCUT2D eigenvalue weighted by Gasteiger charge is -1.90. The first-order valence-electron chi connectivity index (χ1n) is 2.83. The van der Waals surface area contributed by atoms with Crippen molar-refractivity contribution in [2.45, 2.75) is 0 Å². The van der Waals surface area contributed by atoms with Crippen LogP contribution < -0.4 is 11.2 Å². The van der Waals surface area contributed by atoms with Gasteiger partial charge in [-0.15, -0.1) is 14.3 Å². The van der Waals surface area contributed by atoms with E-state index in [4.69, 9.17) is 14.4 Å². The van der Waals surface area contributed by atoms with Gasteiger partial charge in [0.1, 0.15) is 5.82 Å². The fourth-order valence-corrected chi connectivity index (χ4v) is 0.424. The van der Waals surface area contributed by atoms with Gasteiger partial charge < -0.3 is 0 Å². The maximum Gasteiger partial charge on any atom is 0.692 e. The van der Waals surface area contributed by atoms with E-state index in [1.807, 2.05) is 0 Å². The molecule has 0 spiro atoms. The number of hydrogen-bond acceptors (Lipinski definition) is 4. The van der Waals surface area contributed by atoms with Gasteiger partial charge in [0.2, 0.25) is 0 Å². The van der Waals surface area contributed by atoms with Gasteiger partial charge in [0.25, 0.3) is 0 Å². The van der Waals surface area contributed by atoms with Crippen LogP contribution in [0, 0.1) is 0 Å². The predicted molar refractivity (Wildman–Crippen MR) is 41.6 cm³/mol. The van der Waals surface area contributed by atoms with E-state index in [9.17, 15) is 9.28 Å². The first-order valence-corrected chi connectivity index (χ1v) is 3.99. The number of halogens is 1. The molecule has 0 bridgehead atoms. The molecule has 0 amide bonds. The average Bonchev–Trinajstić information content (AvgIpc) is 2.03. The largest absolute Gasteiger partial charge is 0.692 e. The molecule has 4 N–H and O–H groups in total. The summed E-state index contributed by atoms with van der Waals surface area (Å²) >= 11 is 0. The minimum atomic E-state index is -2.87. The minimum Gasteiger partial charge on any atom is -0.290 e. The van der Waals surface area contributed by atoms with Gasteiger partial charge in [-0.3, -0.25) is 4.98 Å². The molecule has 0 aromatic carbocycles. The Labute approximate surface area is 72.2 Å². The number of nitrogens with one attached hydrogen (secondary N) is 2. The molecule has 7 nitrogen and oxygen atoms in total. The second kappa shape index (κ2) is 6.18. The molecule has 1 aromatic heterocycles. The quantitative estimate of drug-likeness (QED) is 0.373. The number of hydrogen-bond donors (Lipinski definition) is 4. The molecule has 1 aromatic rings. The zero-order valence-corrected chi connectivity index (χ0v) is 7.03. The first-order chi connectivity index (χ1) is 6.06. The average molecular weight is 210 g/mol. The maximum atomic E-state index is 11.5. The third-order valence-corrected chi connectivity index (χ3v) is 0.776. The minimum absolute atomic E-state index is 0.00926. The summed E-state index contributed by atoms with van der Waals surface area (Å²) in [5, 5.41) is 0. The Bertz CT molecular complexity index is 325. The number of rotatable bonds is 1. The predicted octanol–water partition coefficient (Wildman–Crippen LogP) is -0.305. The van der Waals surface area contributed by atoms with Crippen molar-refractivity contribution in [1.29, 1.82) is 0 Å². The zero-order chi connectivity index (χ0) is 10.3. The van der Waals surface area contributed by atoms with Crippen molar-refractivity contribution in [2.24, 2.45) is 0 Å². The number of nitrogens with zero attached hydrogens (tertiary/aromatic N) is 1. The third kappa shape index (κ3) is 7.01. The van der Waals surface area contributed by atoms with E-state index in [1.54, 1.807) is 0 Å². The smallest absolute Gasteiger partial charge is 0.290 e. The van der Waals surface area contributed by atoms with Crippen LogP contribution >= 0.6 is 8.25 Å². The number of anilines is 1. The molecule has 0 radical (unpaired) electrons. The molecule has 0 fully saturated rings. The molecular formula is C4H6FN3O4P+.